The van der Waals surface area contributed by atoms with Crippen molar-refractivity contribution in [2.75, 3.05) is 0 Å². The van der Waals surface area contributed by atoms with E-state index in [1.165, 1.54) is 21.8 Å². The maximum absolute atomic E-state index is 5.32. The molecule has 10 aromatic rings. The summed E-state index contributed by atoms with van der Waals surface area (Å²) in [6, 6.07) is 62.0. The Hall–Kier alpha value is -6.91. The Kier molecular flexibility index (Phi) is 6.78. The topological polar surface area (TPSA) is 43.6 Å². The molecule has 0 amide bonds. The predicted molar refractivity (Wildman–Crippen MR) is 211 cm³/mol. The van der Waals surface area contributed by atoms with Crippen LogP contribution in [0.3, 0.4) is 0 Å². The molecule has 3 heterocycles. The monoisotopic (exact) mass is 650 g/mol. The molecule has 0 aliphatic carbocycles. The van der Waals surface area contributed by atoms with Crippen molar-refractivity contribution in [3.8, 4) is 50.6 Å². The van der Waals surface area contributed by atoms with Crippen LogP contribution in [-0.4, -0.2) is 19.5 Å². The van der Waals surface area contributed by atoms with E-state index in [0.29, 0.717) is 5.82 Å². The van der Waals surface area contributed by atoms with Gasteiger partial charge in [0, 0.05) is 50.1 Å². The molecule has 51 heavy (non-hydrogen) atoms. The molecule has 0 unspecified atom stereocenters. The second-order valence-corrected chi connectivity index (χ2v) is 12.9. The lowest BCUT2D eigenvalue weighted by Gasteiger charge is -2.16. The largest absolute Gasteiger partial charge is 0.309 e. The average molecular weight is 651 g/mol. The maximum atomic E-state index is 5.32. The van der Waals surface area contributed by atoms with E-state index >= 15 is 0 Å². The van der Waals surface area contributed by atoms with Crippen molar-refractivity contribution in [1.29, 1.82) is 0 Å². The minimum absolute atomic E-state index is 0.702. The highest BCUT2D eigenvalue weighted by Crippen LogP contribution is 2.41. The van der Waals surface area contributed by atoms with E-state index in [-0.39, 0.29) is 0 Å². The van der Waals surface area contributed by atoms with E-state index in [2.05, 4.69) is 155 Å². The molecular weight excluding hydrogens is 621 g/mol. The quantitative estimate of drug-likeness (QED) is 0.186. The Morgan fingerprint density at radius 3 is 1.92 bits per heavy atom. The smallest absolute Gasteiger partial charge is 0.160 e. The van der Waals surface area contributed by atoms with Crippen molar-refractivity contribution in [3.63, 3.8) is 0 Å². The second-order valence-electron chi connectivity index (χ2n) is 12.9. The van der Waals surface area contributed by atoms with Crippen molar-refractivity contribution in [2.24, 2.45) is 0 Å². The first kappa shape index (κ1) is 29.0. The molecule has 0 atom stereocenters. The van der Waals surface area contributed by atoms with Crippen LogP contribution in [0.5, 0.6) is 0 Å². The number of para-hydroxylation sites is 2. The van der Waals surface area contributed by atoms with Crippen molar-refractivity contribution >= 4 is 43.6 Å². The number of aromatic nitrogens is 4. The Morgan fingerprint density at radius 1 is 0.412 bits per heavy atom. The standard InChI is InChI=1S/C47H30N4/c1-4-13-31(14-5-1)45-41-30-36(33-23-25-44-40(28-33)38-20-10-11-21-43(38)51(44)37-18-8-3-9-19-37)29-39(34-22-24-42-35(27-34)17-12-26-48-42)46(41)50-47(49-45)32-15-6-2-7-16-32/h1-30H. The van der Waals surface area contributed by atoms with Crippen LogP contribution in [-0.2, 0) is 0 Å². The van der Waals surface area contributed by atoms with Gasteiger partial charge in [0.25, 0.3) is 0 Å². The van der Waals surface area contributed by atoms with Crippen LogP contribution in [0.25, 0.3) is 94.2 Å². The van der Waals surface area contributed by atoms with Gasteiger partial charge in [0.05, 0.1) is 27.8 Å². The van der Waals surface area contributed by atoms with Crippen molar-refractivity contribution in [2.45, 2.75) is 0 Å². The zero-order chi connectivity index (χ0) is 33.7. The number of hydrogen-bond acceptors (Lipinski definition) is 3. The minimum Gasteiger partial charge on any atom is -0.309 e. The third-order valence-corrected chi connectivity index (χ3v) is 9.81. The summed E-state index contributed by atoms with van der Waals surface area (Å²) in [7, 11) is 0. The van der Waals surface area contributed by atoms with E-state index in [1.807, 2.05) is 36.5 Å². The molecule has 238 valence electrons. The lowest BCUT2D eigenvalue weighted by Crippen LogP contribution is -1.98. The molecule has 4 nitrogen and oxygen atoms in total. The van der Waals surface area contributed by atoms with E-state index in [0.717, 1.165) is 66.6 Å². The molecule has 4 heteroatoms. The number of nitrogens with zero attached hydrogens (tertiary/aromatic N) is 4. The third-order valence-electron chi connectivity index (χ3n) is 9.81. The number of rotatable bonds is 5. The van der Waals surface area contributed by atoms with Gasteiger partial charge in [0.2, 0.25) is 0 Å². The van der Waals surface area contributed by atoms with Crippen molar-refractivity contribution in [1.82, 2.24) is 19.5 Å². The Bertz CT molecular complexity index is 2900. The highest BCUT2D eigenvalue weighted by molar-refractivity contribution is 6.11. The van der Waals surface area contributed by atoms with E-state index < -0.39 is 0 Å². The molecule has 0 spiro atoms. The highest BCUT2D eigenvalue weighted by atomic mass is 15.0. The van der Waals surface area contributed by atoms with E-state index in [1.54, 1.807) is 0 Å². The summed E-state index contributed by atoms with van der Waals surface area (Å²) in [6.45, 7) is 0. The first-order chi connectivity index (χ1) is 25.3. The fraction of sp³-hybridized carbons (Fsp3) is 0. The third kappa shape index (κ3) is 4.96. The molecule has 0 fully saturated rings. The summed E-state index contributed by atoms with van der Waals surface area (Å²) in [5, 5.41) is 4.53. The van der Waals surface area contributed by atoms with Crippen LogP contribution in [0.2, 0.25) is 0 Å². The number of pyridine rings is 1. The second kappa shape index (κ2) is 11.9. The van der Waals surface area contributed by atoms with Gasteiger partial charge in [-0.1, -0.05) is 115 Å². The van der Waals surface area contributed by atoms with Gasteiger partial charge in [0.1, 0.15) is 0 Å². The molecule has 0 N–H and O–H groups in total. The van der Waals surface area contributed by atoms with Gasteiger partial charge in [-0.25, -0.2) is 9.97 Å². The summed E-state index contributed by atoms with van der Waals surface area (Å²) in [5.74, 6) is 0.702. The molecule has 0 bridgehead atoms. The molecule has 0 radical (unpaired) electrons. The predicted octanol–water partition coefficient (Wildman–Crippen LogP) is 11.9. The average Bonchev–Trinajstić information content (AvgIpc) is 3.54. The number of benzene rings is 7. The fourth-order valence-corrected chi connectivity index (χ4v) is 7.40. The van der Waals surface area contributed by atoms with E-state index in [4.69, 9.17) is 9.97 Å². The zero-order valence-corrected chi connectivity index (χ0v) is 27.6. The van der Waals surface area contributed by atoms with Gasteiger partial charge >= 0.3 is 0 Å². The molecule has 3 aromatic heterocycles. The summed E-state index contributed by atoms with van der Waals surface area (Å²) in [5.41, 5.74) is 12.7. The lowest BCUT2D eigenvalue weighted by molar-refractivity contribution is 1.18. The van der Waals surface area contributed by atoms with Crippen LogP contribution >= 0.6 is 0 Å². The Morgan fingerprint density at radius 2 is 1.10 bits per heavy atom. The first-order valence-corrected chi connectivity index (χ1v) is 17.2. The molecule has 0 aliphatic heterocycles. The Balaban J connectivity index is 1.28. The Labute approximate surface area is 295 Å². The molecule has 7 aromatic carbocycles. The summed E-state index contributed by atoms with van der Waals surface area (Å²) in [4.78, 5) is 15.2. The fourth-order valence-electron chi connectivity index (χ4n) is 7.40. The van der Waals surface area contributed by atoms with Gasteiger partial charge in [-0.2, -0.15) is 0 Å². The maximum Gasteiger partial charge on any atom is 0.160 e. The molecule has 0 saturated carbocycles. The summed E-state index contributed by atoms with van der Waals surface area (Å²) < 4.78 is 2.36. The highest BCUT2D eigenvalue weighted by Gasteiger charge is 2.19. The van der Waals surface area contributed by atoms with E-state index in [9.17, 15) is 0 Å². The molecule has 10 rings (SSSR count). The van der Waals surface area contributed by atoms with Crippen molar-refractivity contribution < 1.29 is 0 Å². The van der Waals surface area contributed by atoms with Gasteiger partial charge in [0.15, 0.2) is 5.82 Å². The van der Waals surface area contributed by atoms with Gasteiger partial charge in [-0.3, -0.25) is 4.98 Å². The lowest BCUT2D eigenvalue weighted by atomic mass is 9.92. The molecule has 0 aliphatic rings. The van der Waals surface area contributed by atoms with Gasteiger partial charge in [-0.15, -0.1) is 0 Å². The summed E-state index contributed by atoms with van der Waals surface area (Å²) >= 11 is 0. The summed E-state index contributed by atoms with van der Waals surface area (Å²) in [6.07, 6.45) is 1.84. The van der Waals surface area contributed by atoms with Crippen LogP contribution in [0.1, 0.15) is 0 Å². The first-order valence-electron chi connectivity index (χ1n) is 17.2. The number of hydrogen-bond donors (Lipinski definition) is 0. The number of fused-ring (bicyclic) bond motifs is 5. The van der Waals surface area contributed by atoms with Crippen LogP contribution in [0, 0.1) is 0 Å². The molecular formula is C47H30N4. The van der Waals surface area contributed by atoms with Crippen LogP contribution < -0.4 is 0 Å². The van der Waals surface area contributed by atoms with Crippen LogP contribution in [0.15, 0.2) is 182 Å². The zero-order valence-electron chi connectivity index (χ0n) is 27.6. The molecule has 0 saturated heterocycles. The van der Waals surface area contributed by atoms with Gasteiger partial charge in [-0.05, 0) is 77.4 Å². The van der Waals surface area contributed by atoms with Crippen molar-refractivity contribution in [3.05, 3.63) is 182 Å². The minimum atomic E-state index is 0.702. The van der Waals surface area contributed by atoms with Crippen LogP contribution in [0.4, 0.5) is 0 Å². The SMILES string of the molecule is c1ccc(-c2nc(-c3ccccc3)c3cc(-c4ccc5c(c4)c4ccccc4n5-c4ccccc4)cc(-c4ccc5ncccc5c4)c3n2)cc1. The normalized spacial score (nSPS) is 11.5. The van der Waals surface area contributed by atoms with Gasteiger partial charge < -0.3 is 4.57 Å².